The molecule has 1 aromatic rings. The van der Waals surface area contributed by atoms with E-state index < -0.39 is 0 Å². The van der Waals surface area contributed by atoms with Gasteiger partial charge in [-0.3, -0.25) is 0 Å². The van der Waals surface area contributed by atoms with Crippen LogP contribution in [0.5, 0.6) is 0 Å². The summed E-state index contributed by atoms with van der Waals surface area (Å²) >= 11 is 5.91. The highest BCUT2D eigenvalue weighted by atomic mass is 35.5. The van der Waals surface area contributed by atoms with Crippen LogP contribution in [0.25, 0.3) is 0 Å². The van der Waals surface area contributed by atoms with Gasteiger partial charge in [-0.05, 0) is 31.0 Å². The first-order chi connectivity index (χ1) is 5.74. The number of hydrogen-bond acceptors (Lipinski definition) is 1. The van der Waals surface area contributed by atoms with Gasteiger partial charge in [0.2, 0.25) is 0 Å². The Morgan fingerprint density at radius 3 is 2.33 bits per heavy atom. The Bertz CT molecular complexity index is 228. The maximum Gasteiger partial charge on any atom is 0.0557 e. The molecule has 1 atom stereocenters. The molecule has 0 aromatic heterocycles. The van der Waals surface area contributed by atoms with Gasteiger partial charge < -0.3 is 5.73 Å². The summed E-state index contributed by atoms with van der Waals surface area (Å²) in [4.78, 5) is 0. The molecular weight excluding hydrogens is 170 g/mol. The van der Waals surface area contributed by atoms with Crippen LogP contribution < -0.4 is 5.73 Å². The molecule has 0 heterocycles. The number of benzene rings is 1. The second-order valence-corrected chi connectivity index (χ2v) is 3.55. The molecule has 2 N–H and O–H groups in total. The van der Waals surface area contributed by atoms with Crippen molar-refractivity contribution in [2.75, 3.05) is 6.54 Å². The summed E-state index contributed by atoms with van der Waals surface area (Å²) in [5.41, 5.74) is 7.87. The van der Waals surface area contributed by atoms with Crippen LogP contribution in [0, 0.1) is 0 Å². The number of nitrogens with two attached hydrogens (primary N) is 1. The Kier molecular flexibility index (Phi) is 3.57. The molecule has 0 bridgehead atoms. The quantitative estimate of drug-likeness (QED) is 0.716. The van der Waals surface area contributed by atoms with Crippen molar-refractivity contribution >= 4 is 11.6 Å². The zero-order valence-electron chi connectivity index (χ0n) is 7.26. The van der Waals surface area contributed by atoms with Crippen LogP contribution in [-0.4, -0.2) is 6.54 Å². The van der Waals surface area contributed by atoms with Crippen molar-refractivity contribution in [1.29, 1.82) is 0 Å². The van der Waals surface area contributed by atoms with E-state index in [1.807, 2.05) is 6.92 Å². The van der Waals surface area contributed by atoms with Gasteiger partial charge in [0.15, 0.2) is 0 Å². The average molecular weight is 184 g/mol. The van der Waals surface area contributed by atoms with Crippen LogP contribution in [0.2, 0.25) is 0 Å². The maximum absolute atomic E-state index is 5.91. The topological polar surface area (TPSA) is 26.0 Å². The maximum atomic E-state index is 5.91. The Morgan fingerprint density at radius 2 is 1.92 bits per heavy atom. The minimum atomic E-state index is 0.0944. The van der Waals surface area contributed by atoms with Crippen molar-refractivity contribution in [3.63, 3.8) is 0 Å². The second-order valence-electron chi connectivity index (χ2n) is 2.90. The smallest absolute Gasteiger partial charge is 0.0557 e. The van der Waals surface area contributed by atoms with Crippen molar-refractivity contribution < 1.29 is 0 Å². The van der Waals surface area contributed by atoms with Gasteiger partial charge in [-0.1, -0.05) is 24.3 Å². The summed E-state index contributed by atoms with van der Waals surface area (Å²) in [5, 5.41) is 0.0944. The Labute approximate surface area is 78.5 Å². The fourth-order valence-corrected chi connectivity index (χ4v) is 1.26. The van der Waals surface area contributed by atoms with Gasteiger partial charge in [0.05, 0.1) is 5.38 Å². The molecule has 1 nitrogen and oxygen atoms in total. The van der Waals surface area contributed by atoms with E-state index in [-0.39, 0.29) is 5.38 Å². The van der Waals surface area contributed by atoms with Gasteiger partial charge >= 0.3 is 0 Å². The molecular formula is C10H14ClN. The number of rotatable bonds is 3. The van der Waals surface area contributed by atoms with E-state index in [0.29, 0.717) is 6.54 Å². The van der Waals surface area contributed by atoms with Gasteiger partial charge in [0, 0.05) is 0 Å². The largest absolute Gasteiger partial charge is 0.330 e. The third-order valence-electron chi connectivity index (χ3n) is 1.87. The SMILES string of the molecule is CC(Cl)c1ccc(CCN)cc1. The molecule has 66 valence electrons. The van der Waals surface area contributed by atoms with Crippen LogP contribution in [0.1, 0.15) is 23.4 Å². The number of alkyl halides is 1. The lowest BCUT2D eigenvalue weighted by molar-refractivity contribution is 0.964. The first kappa shape index (κ1) is 9.56. The lowest BCUT2D eigenvalue weighted by Gasteiger charge is -2.04. The molecule has 0 saturated carbocycles. The summed E-state index contributed by atoms with van der Waals surface area (Å²) in [6.07, 6.45) is 0.941. The van der Waals surface area contributed by atoms with Gasteiger partial charge in [0.25, 0.3) is 0 Å². The second kappa shape index (κ2) is 4.48. The molecule has 0 spiro atoms. The van der Waals surface area contributed by atoms with E-state index in [0.717, 1.165) is 12.0 Å². The van der Waals surface area contributed by atoms with Crippen LogP contribution in [0.4, 0.5) is 0 Å². The zero-order valence-corrected chi connectivity index (χ0v) is 8.01. The molecule has 0 radical (unpaired) electrons. The molecule has 0 amide bonds. The van der Waals surface area contributed by atoms with Gasteiger partial charge in [0.1, 0.15) is 0 Å². The van der Waals surface area contributed by atoms with Crippen LogP contribution >= 0.6 is 11.6 Å². The summed E-state index contributed by atoms with van der Waals surface area (Å²) in [5.74, 6) is 0. The van der Waals surface area contributed by atoms with Crippen LogP contribution in [0.3, 0.4) is 0 Å². The lowest BCUT2D eigenvalue weighted by Crippen LogP contribution is -2.02. The fraction of sp³-hybridized carbons (Fsp3) is 0.400. The first-order valence-electron chi connectivity index (χ1n) is 4.17. The van der Waals surface area contributed by atoms with E-state index in [2.05, 4.69) is 24.3 Å². The average Bonchev–Trinajstić information content (AvgIpc) is 2.06. The van der Waals surface area contributed by atoms with Gasteiger partial charge in [-0.15, -0.1) is 11.6 Å². The molecule has 0 aliphatic carbocycles. The van der Waals surface area contributed by atoms with Gasteiger partial charge in [-0.2, -0.15) is 0 Å². The van der Waals surface area contributed by atoms with Crippen molar-refractivity contribution in [3.8, 4) is 0 Å². The van der Waals surface area contributed by atoms with E-state index in [1.54, 1.807) is 0 Å². The van der Waals surface area contributed by atoms with E-state index in [9.17, 15) is 0 Å². The van der Waals surface area contributed by atoms with E-state index in [4.69, 9.17) is 17.3 Å². The van der Waals surface area contributed by atoms with Crippen LogP contribution in [-0.2, 0) is 6.42 Å². The highest BCUT2D eigenvalue weighted by Crippen LogP contribution is 2.19. The Balaban J connectivity index is 2.71. The Hall–Kier alpha value is -0.530. The molecule has 0 aliphatic heterocycles. The molecule has 1 rings (SSSR count). The summed E-state index contributed by atoms with van der Waals surface area (Å²) < 4.78 is 0. The summed E-state index contributed by atoms with van der Waals surface area (Å²) in [6.45, 7) is 2.68. The fourth-order valence-electron chi connectivity index (χ4n) is 1.12. The minimum absolute atomic E-state index is 0.0944. The first-order valence-corrected chi connectivity index (χ1v) is 4.60. The zero-order chi connectivity index (χ0) is 8.97. The van der Waals surface area contributed by atoms with Crippen molar-refractivity contribution in [2.24, 2.45) is 5.73 Å². The standard InChI is InChI=1S/C10H14ClN/c1-8(11)10-4-2-9(3-5-10)6-7-12/h2-5,8H,6-7,12H2,1H3. The highest BCUT2D eigenvalue weighted by Gasteiger charge is 1.99. The molecule has 1 aromatic carbocycles. The summed E-state index contributed by atoms with van der Waals surface area (Å²) in [7, 11) is 0. The molecule has 2 heteroatoms. The van der Waals surface area contributed by atoms with E-state index >= 15 is 0 Å². The lowest BCUT2D eigenvalue weighted by atomic mass is 10.1. The number of halogens is 1. The molecule has 12 heavy (non-hydrogen) atoms. The minimum Gasteiger partial charge on any atom is -0.330 e. The third-order valence-corrected chi connectivity index (χ3v) is 2.12. The Morgan fingerprint density at radius 1 is 1.33 bits per heavy atom. The molecule has 0 saturated heterocycles. The van der Waals surface area contributed by atoms with Crippen LogP contribution in [0.15, 0.2) is 24.3 Å². The van der Waals surface area contributed by atoms with Crippen molar-refractivity contribution in [3.05, 3.63) is 35.4 Å². The summed E-state index contributed by atoms with van der Waals surface area (Å²) in [6, 6.07) is 8.29. The molecule has 0 fully saturated rings. The van der Waals surface area contributed by atoms with E-state index in [1.165, 1.54) is 5.56 Å². The molecule has 0 aliphatic rings. The third kappa shape index (κ3) is 2.50. The highest BCUT2D eigenvalue weighted by molar-refractivity contribution is 6.20. The van der Waals surface area contributed by atoms with Gasteiger partial charge in [-0.25, -0.2) is 0 Å². The predicted molar refractivity (Wildman–Crippen MR) is 53.5 cm³/mol. The number of hydrogen-bond donors (Lipinski definition) is 1. The predicted octanol–water partition coefficient (Wildman–Crippen LogP) is 2.49. The normalized spacial score (nSPS) is 12.9. The monoisotopic (exact) mass is 183 g/mol. The van der Waals surface area contributed by atoms with Crippen molar-refractivity contribution in [1.82, 2.24) is 0 Å². The van der Waals surface area contributed by atoms with Crippen molar-refractivity contribution in [2.45, 2.75) is 18.7 Å². The molecule has 1 unspecified atom stereocenters.